The summed E-state index contributed by atoms with van der Waals surface area (Å²) in [7, 11) is 6.49. The Morgan fingerprint density at radius 2 is 2.24 bits per heavy atom. The van der Waals surface area contributed by atoms with Gasteiger partial charge in [0.2, 0.25) is 0 Å². The van der Waals surface area contributed by atoms with Crippen LogP contribution in [0.3, 0.4) is 0 Å². The Morgan fingerprint density at radius 3 is 2.82 bits per heavy atom. The molecule has 2 heterocycles. The molecule has 0 aromatic carbocycles. The lowest BCUT2D eigenvalue weighted by molar-refractivity contribution is 0.0904. The first-order valence-corrected chi connectivity index (χ1v) is 7.59. The summed E-state index contributed by atoms with van der Waals surface area (Å²) in [6.45, 7) is 3.42. The van der Waals surface area contributed by atoms with Crippen molar-refractivity contribution in [2.45, 2.75) is 12.1 Å². The molecule has 2 atom stereocenters. The Balaban J connectivity index is 2.20. The van der Waals surface area contributed by atoms with Gasteiger partial charge in [0, 0.05) is 35.0 Å². The molecule has 0 spiro atoms. The van der Waals surface area contributed by atoms with Crippen LogP contribution in [0.4, 0.5) is 0 Å². The van der Waals surface area contributed by atoms with Crippen LogP contribution in [0.5, 0.6) is 0 Å². The van der Waals surface area contributed by atoms with E-state index >= 15 is 0 Å². The van der Waals surface area contributed by atoms with Gasteiger partial charge in [-0.05, 0) is 48.5 Å². The highest BCUT2D eigenvalue weighted by atomic mass is 79.9. The van der Waals surface area contributed by atoms with Crippen molar-refractivity contribution in [2.75, 3.05) is 40.8 Å². The van der Waals surface area contributed by atoms with Gasteiger partial charge in [-0.2, -0.15) is 0 Å². The molecule has 0 amide bonds. The standard InChI is InChI=1S/C12H20BrN3S/c1-14-11(12-9(13)4-7-17-12)10-8-15(2)5-6-16(10)3/h4,7,10-11,14H,5-6,8H2,1-3H3. The molecule has 5 heteroatoms. The van der Waals surface area contributed by atoms with E-state index < -0.39 is 0 Å². The van der Waals surface area contributed by atoms with Gasteiger partial charge in [-0.25, -0.2) is 0 Å². The Hall–Kier alpha value is 0.0600. The number of hydrogen-bond donors (Lipinski definition) is 1. The number of nitrogens with one attached hydrogen (secondary N) is 1. The van der Waals surface area contributed by atoms with Crippen LogP contribution in [0.25, 0.3) is 0 Å². The van der Waals surface area contributed by atoms with Crippen LogP contribution in [0.1, 0.15) is 10.9 Å². The lowest BCUT2D eigenvalue weighted by Gasteiger charge is -2.41. The summed E-state index contributed by atoms with van der Waals surface area (Å²) in [6, 6.07) is 3.07. The molecule has 1 aromatic rings. The monoisotopic (exact) mass is 317 g/mol. The SMILES string of the molecule is CNC(c1sccc1Br)C1CN(C)CCN1C. The second-order valence-electron chi connectivity index (χ2n) is 4.71. The average Bonchev–Trinajstić information content (AvgIpc) is 2.71. The fourth-order valence-corrected chi connectivity index (χ4v) is 4.22. The molecule has 1 fully saturated rings. The van der Waals surface area contributed by atoms with Crippen LogP contribution in [0.15, 0.2) is 15.9 Å². The van der Waals surface area contributed by atoms with Gasteiger partial charge < -0.3 is 10.2 Å². The number of rotatable bonds is 3. The highest BCUT2D eigenvalue weighted by molar-refractivity contribution is 9.10. The van der Waals surface area contributed by atoms with E-state index in [0.717, 1.165) is 19.6 Å². The quantitative estimate of drug-likeness (QED) is 0.920. The van der Waals surface area contributed by atoms with Crippen LogP contribution < -0.4 is 5.32 Å². The Morgan fingerprint density at radius 1 is 1.47 bits per heavy atom. The maximum atomic E-state index is 3.65. The predicted molar refractivity (Wildman–Crippen MR) is 77.7 cm³/mol. The second kappa shape index (κ2) is 5.80. The number of halogens is 1. The fourth-order valence-electron chi connectivity index (χ4n) is 2.43. The average molecular weight is 318 g/mol. The molecule has 0 aliphatic carbocycles. The maximum absolute atomic E-state index is 3.65. The van der Waals surface area contributed by atoms with E-state index in [4.69, 9.17) is 0 Å². The molecule has 1 aliphatic rings. The van der Waals surface area contributed by atoms with E-state index in [1.54, 1.807) is 0 Å². The number of hydrogen-bond acceptors (Lipinski definition) is 4. The molecular formula is C12H20BrN3S. The molecule has 17 heavy (non-hydrogen) atoms. The molecule has 1 aliphatic heterocycles. The second-order valence-corrected chi connectivity index (χ2v) is 6.51. The number of likely N-dealkylation sites (N-methyl/N-ethyl adjacent to an activating group) is 3. The van der Waals surface area contributed by atoms with Crippen LogP contribution in [-0.4, -0.2) is 56.6 Å². The van der Waals surface area contributed by atoms with Crippen molar-refractivity contribution in [3.8, 4) is 0 Å². The first-order chi connectivity index (χ1) is 8.13. The number of thiophene rings is 1. The molecule has 2 unspecified atom stereocenters. The maximum Gasteiger partial charge on any atom is 0.0594 e. The topological polar surface area (TPSA) is 18.5 Å². The predicted octanol–water partition coefficient (Wildman–Crippen LogP) is 2.02. The summed E-state index contributed by atoms with van der Waals surface area (Å²) in [6.07, 6.45) is 0. The van der Waals surface area contributed by atoms with Crippen molar-refractivity contribution in [3.05, 3.63) is 20.8 Å². The Labute approximate surface area is 116 Å². The smallest absolute Gasteiger partial charge is 0.0594 e. The van der Waals surface area contributed by atoms with Gasteiger partial charge >= 0.3 is 0 Å². The van der Waals surface area contributed by atoms with Crippen molar-refractivity contribution < 1.29 is 0 Å². The highest BCUT2D eigenvalue weighted by Crippen LogP contribution is 2.33. The fraction of sp³-hybridized carbons (Fsp3) is 0.667. The molecule has 0 bridgehead atoms. The molecular weight excluding hydrogens is 298 g/mol. The van der Waals surface area contributed by atoms with Gasteiger partial charge in [0.1, 0.15) is 0 Å². The first kappa shape index (κ1) is 13.5. The van der Waals surface area contributed by atoms with E-state index in [1.165, 1.54) is 9.35 Å². The zero-order chi connectivity index (χ0) is 12.4. The summed E-state index contributed by atoms with van der Waals surface area (Å²) >= 11 is 5.47. The minimum absolute atomic E-state index is 0.400. The molecule has 1 N–H and O–H groups in total. The highest BCUT2D eigenvalue weighted by Gasteiger charge is 2.31. The molecule has 1 aromatic heterocycles. The normalized spacial score (nSPS) is 25.1. The van der Waals surface area contributed by atoms with E-state index in [1.807, 2.05) is 11.3 Å². The van der Waals surface area contributed by atoms with Crippen molar-refractivity contribution >= 4 is 27.3 Å². The van der Waals surface area contributed by atoms with E-state index in [2.05, 4.69) is 63.6 Å². The summed E-state index contributed by atoms with van der Waals surface area (Å²) < 4.78 is 1.23. The van der Waals surface area contributed by atoms with Gasteiger partial charge in [-0.3, -0.25) is 4.90 Å². The summed E-state index contributed by atoms with van der Waals surface area (Å²) in [5.74, 6) is 0. The van der Waals surface area contributed by atoms with E-state index in [-0.39, 0.29) is 0 Å². The lowest BCUT2D eigenvalue weighted by atomic mass is 10.0. The number of piperazine rings is 1. The zero-order valence-electron chi connectivity index (χ0n) is 10.6. The molecule has 3 nitrogen and oxygen atoms in total. The van der Waals surface area contributed by atoms with Crippen molar-refractivity contribution in [1.82, 2.24) is 15.1 Å². The summed E-state index contributed by atoms with van der Waals surface area (Å²) in [5.41, 5.74) is 0. The first-order valence-electron chi connectivity index (χ1n) is 5.92. The molecule has 1 saturated heterocycles. The van der Waals surface area contributed by atoms with E-state index in [9.17, 15) is 0 Å². The third-order valence-corrected chi connectivity index (χ3v) is 5.48. The molecule has 0 radical (unpaired) electrons. The van der Waals surface area contributed by atoms with Gasteiger partial charge in [0.05, 0.1) is 6.04 Å². The van der Waals surface area contributed by atoms with Crippen LogP contribution >= 0.6 is 27.3 Å². The van der Waals surface area contributed by atoms with Gasteiger partial charge in [-0.1, -0.05) is 0 Å². The van der Waals surface area contributed by atoms with Gasteiger partial charge in [0.15, 0.2) is 0 Å². The summed E-state index contributed by atoms with van der Waals surface area (Å²) in [5, 5.41) is 5.63. The molecule has 96 valence electrons. The summed E-state index contributed by atoms with van der Waals surface area (Å²) in [4.78, 5) is 6.28. The minimum Gasteiger partial charge on any atom is -0.311 e. The Bertz CT molecular complexity index is 368. The zero-order valence-corrected chi connectivity index (χ0v) is 13.0. The van der Waals surface area contributed by atoms with Crippen LogP contribution in [-0.2, 0) is 0 Å². The van der Waals surface area contributed by atoms with Gasteiger partial charge in [0.25, 0.3) is 0 Å². The minimum atomic E-state index is 0.400. The van der Waals surface area contributed by atoms with Crippen LogP contribution in [0.2, 0.25) is 0 Å². The van der Waals surface area contributed by atoms with E-state index in [0.29, 0.717) is 12.1 Å². The third-order valence-electron chi connectivity index (χ3n) is 3.52. The van der Waals surface area contributed by atoms with Crippen molar-refractivity contribution in [2.24, 2.45) is 0 Å². The van der Waals surface area contributed by atoms with Crippen molar-refractivity contribution in [1.29, 1.82) is 0 Å². The Kier molecular flexibility index (Phi) is 4.60. The third kappa shape index (κ3) is 2.90. The lowest BCUT2D eigenvalue weighted by Crippen LogP contribution is -2.54. The largest absolute Gasteiger partial charge is 0.311 e. The van der Waals surface area contributed by atoms with Crippen LogP contribution in [0, 0.1) is 0 Å². The van der Waals surface area contributed by atoms with Gasteiger partial charge in [-0.15, -0.1) is 11.3 Å². The number of nitrogens with zero attached hydrogens (tertiary/aromatic N) is 2. The van der Waals surface area contributed by atoms with Crippen molar-refractivity contribution in [3.63, 3.8) is 0 Å². The molecule has 2 rings (SSSR count). The molecule has 0 saturated carbocycles.